The average molecular weight is 182 g/mol. The first-order valence-electron chi connectivity index (χ1n) is 5.19. The molecule has 2 N–H and O–H groups in total. The van der Waals surface area contributed by atoms with E-state index >= 15 is 0 Å². The van der Waals surface area contributed by atoms with Gasteiger partial charge in [0.2, 0.25) is 5.91 Å². The van der Waals surface area contributed by atoms with E-state index in [1.807, 2.05) is 4.90 Å². The molecule has 1 aliphatic carbocycles. The minimum Gasteiger partial charge on any atom is -0.343 e. The molecule has 1 amide bonds. The van der Waals surface area contributed by atoms with Gasteiger partial charge in [-0.25, -0.2) is 0 Å². The number of carbonyl (C=O) groups excluding carboxylic acids is 1. The highest BCUT2D eigenvalue weighted by molar-refractivity contribution is 5.73. The van der Waals surface area contributed by atoms with Crippen LogP contribution in [0.5, 0.6) is 0 Å². The van der Waals surface area contributed by atoms with Crippen LogP contribution in [0.25, 0.3) is 0 Å². The number of hydrogen-bond acceptors (Lipinski definition) is 2. The number of piperidine rings is 1. The Morgan fingerprint density at radius 1 is 1.38 bits per heavy atom. The second-order valence-corrected chi connectivity index (χ2v) is 4.41. The third kappa shape index (κ3) is 1.85. The summed E-state index contributed by atoms with van der Waals surface area (Å²) < 4.78 is 0. The van der Waals surface area contributed by atoms with Gasteiger partial charge in [0, 0.05) is 26.1 Å². The molecule has 2 fully saturated rings. The molecule has 0 aromatic heterocycles. The minimum atomic E-state index is 0.221. The lowest BCUT2D eigenvalue weighted by molar-refractivity contribution is -0.130. The van der Waals surface area contributed by atoms with Crippen molar-refractivity contribution in [3.63, 3.8) is 0 Å². The van der Waals surface area contributed by atoms with Gasteiger partial charge in [-0.05, 0) is 31.1 Å². The van der Waals surface area contributed by atoms with Crippen molar-refractivity contribution in [2.24, 2.45) is 17.6 Å². The Balaban J connectivity index is 1.79. The van der Waals surface area contributed by atoms with E-state index in [1.165, 1.54) is 6.42 Å². The number of rotatable bonds is 1. The van der Waals surface area contributed by atoms with Gasteiger partial charge in [0.1, 0.15) is 0 Å². The average Bonchev–Trinajstić information content (AvgIpc) is 2.83. The molecule has 2 aliphatic rings. The fourth-order valence-electron chi connectivity index (χ4n) is 2.42. The number of carbonyl (C=O) groups is 1. The van der Waals surface area contributed by atoms with Crippen molar-refractivity contribution in [1.82, 2.24) is 4.90 Å². The Kier molecular flexibility index (Phi) is 2.28. The quantitative estimate of drug-likeness (QED) is 0.645. The molecule has 1 aliphatic heterocycles. The van der Waals surface area contributed by atoms with Gasteiger partial charge in [-0.15, -0.1) is 0 Å². The highest BCUT2D eigenvalue weighted by atomic mass is 16.2. The fraction of sp³-hybridized carbons (Fsp3) is 0.900. The van der Waals surface area contributed by atoms with Gasteiger partial charge in [-0.2, -0.15) is 0 Å². The van der Waals surface area contributed by atoms with Crippen LogP contribution in [0, 0.1) is 11.8 Å². The van der Waals surface area contributed by atoms with Crippen LogP contribution < -0.4 is 5.73 Å². The number of nitrogens with two attached hydrogens (primary N) is 1. The van der Waals surface area contributed by atoms with Gasteiger partial charge in [-0.3, -0.25) is 4.79 Å². The monoisotopic (exact) mass is 182 g/mol. The van der Waals surface area contributed by atoms with E-state index in [1.54, 1.807) is 6.92 Å². The van der Waals surface area contributed by atoms with E-state index in [0.29, 0.717) is 6.04 Å². The summed E-state index contributed by atoms with van der Waals surface area (Å²) in [6.07, 6.45) is 3.54. The van der Waals surface area contributed by atoms with Crippen LogP contribution in [0.4, 0.5) is 0 Å². The summed E-state index contributed by atoms with van der Waals surface area (Å²) in [4.78, 5) is 13.0. The molecule has 0 aromatic rings. The molecule has 0 bridgehead atoms. The van der Waals surface area contributed by atoms with Crippen LogP contribution in [-0.2, 0) is 4.79 Å². The Labute approximate surface area is 79.3 Å². The lowest BCUT2D eigenvalue weighted by Gasteiger charge is -2.31. The standard InChI is InChI=1S/C10H18N2O/c1-7(13)12-4-2-8(3-5-12)9-6-10(9)11/h8-10H,2-6,11H2,1H3. The molecule has 0 radical (unpaired) electrons. The van der Waals surface area contributed by atoms with Crippen molar-refractivity contribution >= 4 is 5.91 Å². The van der Waals surface area contributed by atoms with Gasteiger partial charge in [-0.1, -0.05) is 0 Å². The molecule has 1 saturated heterocycles. The van der Waals surface area contributed by atoms with Crippen molar-refractivity contribution < 1.29 is 4.79 Å². The largest absolute Gasteiger partial charge is 0.343 e. The van der Waals surface area contributed by atoms with Crippen LogP contribution in [-0.4, -0.2) is 29.9 Å². The topological polar surface area (TPSA) is 46.3 Å². The predicted octanol–water partition coefficient (Wildman–Crippen LogP) is 0.592. The maximum absolute atomic E-state index is 11.1. The molecule has 2 rings (SSSR count). The molecule has 1 saturated carbocycles. The fourth-order valence-corrected chi connectivity index (χ4v) is 2.42. The van der Waals surface area contributed by atoms with Crippen molar-refractivity contribution in [3.05, 3.63) is 0 Å². The van der Waals surface area contributed by atoms with Crippen molar-refractivity contribution in [2.75, 3.05) is 13.1 Å². The molecule has 74 valence electrons. The van der Waals surface area contributed by atoms with Crippen LogP contribution in [0.3, 0.4) is 0 Å². The lowest BCUT2D eigenvalue weighted by atomic mass is 9.92. The second kappa shape index (κ2) is 3.29. The summed E-state index contributed by atoms with van der Waals surface area (Å²) in [7, 11) is 0. The van der Waals surface area contributed by atoms with Crippen molar-refractivity contribution in [3.8, 4) is 0 Å². The molecule has 13 heavy (non-hydrogen) atoms. The highest BCUT2D eigenvalue weighted by Gasteiger charge is 2.41. The van der Waals surface area contributed by atoms with Crippen molar-refractivity contribution in [1.29, 1.82) is 0 Å². The molecular formula is C10H18N2O. The maximum atomic E-state index is 11.1. The normalized spacial score (nSPS) is 34.8. The van der Waals surface area contributed by atoms with Crippen LogP contribution in [0.2, 0.25) is 0 Å². The third-order valence-electron chi connectivity index (χ3n) is 3.48. The minimum absolute atomic E-state index is 0.221. The van der Waals surface area contributed by atoms with E-state index in [0.717, 1.165) is 37.8 Å². The number of hydrogen-bond donors (Lipinski definition) is 1. The summed E-state index contributed by atoms with van der Waals surface area (Å²) >= 11 is 0. The van der Waals surface area contributed by atoms with E-state index in [-0.39, 0.29) is 5.91 Å². The molecule has 2 unspecified atom stereocenters. The van der Waals surface area contributed by atoms with Gasteiger partial charge in [0.25, 0.3) is 0 Å². The zero-order valence-corrected chi connectivity index (χ0v) is 8.20. The van der Waals surface area contributed by atoms with Gasteiger partial charge in [0.15, 0.2) is 0 Å². The Hall–Kier alpha value is -0.570. The van der Waals surface area contributed by atoms with Gasteiger partial charge < -0.3 is 10.6 Å². The van der Waals surface area contributed by atoms with Crippen molar-refractivity contribution in [2.45, 2.75) is 32.2 Å². The molecular weight excluding hydrogens is 164 g/mol. The Bertz CT molecular complexity index is 209. The van der Waals surface area contributed by atoms with Gasteiger partial charge in [0.05, 0.1) is 0 Å². The first-order valence-corrected chi connectivity index (χ1v) is 5.19. The first kappa shape index (κ1) is 9.00. The Morgan fingerprint density at radius 3 is 2.31 bits per heavy atom. The van der Waals surface area contributed by atoms with E-state index in [4.69, 9.17) is 5.73 Å². The molecule has 0 aromatic carbocycles. The zero-order chi connectivity index (χ0) is 9.42. The Morgan fingerprint density at radius 2 is 1.92 bits per heavy atom. The molecule has 3 heteroatoms. The summed E-state index contributed by atoms with van der Waals surface area (Å²) in [5, 5.41) is 0. The molecule has 1 heterocycles. The molecule has 2 atom stereocenters. The predicted molar refractivity (Wildman–Crippen MR) is 51.1 cm³/mol. The number of amides is 1. The summed E-state index contributed by atoms with van der Waals surface area (Å²) in [6.45, 7) is 3.55. The highest BCUT2D eigenvalue weighted by Crippen LogP contribution is 2.40. The summed E-state index contributed by atoms with van der Waals surface area (Å²) in [5.41, 5.74) is 5.81. The van der Waals surface area contributed by atoms with E-state index in [9.17, 15) is 4.79 Å². The third-order valence-corrected chi connectivity index (χ3v) is 3.48. The SMILES string of the molecule is CC(=O)N1CCC(C2CC2N)CC1. The van der Waals surface area contributed by atoms with E-state index < -0.39 is 0 Å². The van der Waals surface area contributed by atoms with Gasteiger partial charge >= 0.3 is 0 Å². The molecule has 0 spiro atoms. The maximum Gasteiger partial charge on any atom is 0.219 e. The first-order chi connectivity index (χ1) is 6.18. The second-order valence-electron chi connectivity index (χ2n) is 4.41. The zero-order valence-electron chi connectivity index (χ0n) is 8.20. The summed E-state index contributed by atoms with van der Waals surface area (Å²) in [6, 6.07) is 0.467. The smallest absolute Gasteiger partial charge is 0.219 e. The lowest BCUT2D eigenvalue weighted by Crippen LogP contribution is -2.37. The summed E-state index contributed by atoms with van der Waals surface area (Å²) in [5.74, 6) is 1.79. The van der Waals surface area contributed by atoms with E-state index in [2.05, 4.69) is 0 Å². The number of likely N-dealkylation sites (tertiary alicyclic amines) is 1. The van der Waals surface area contributed by atoms with Crippen LogP contribution in [0.1, 0.15) is 26.2 Å². The van der Waals surface area contributed by atoms with Crippen LogP contribution in [0.15, 0.2) is 0 Å². The number of nitrogens with zero attached hydrogens (tertiary/aromatic N) is 1. The van der Waals surface area contributed by atoms with Crippen LogP contribution >= 0.6 is 0 Å². The molecule has 3 nitrogen and oxygen atoms in total.